The van der Waals surface area contributed by atoms with Crippen LogP contribution in [0.2, 0.25) is 0 Å². The third-order valence-electron chi connectivity index (χ3n) is 3.47. The Morgan fingerprint density at radius 1 is 1.23 bits per heavy atom. The Morgan fingerprint density at radius 3 is 2.41 bits per heavy atom. The first kappa shape index (κ1) is 18.7. The van der Waals surface area contributed by atoms with Crippen LogP contribution in [-0.4, -0.2) is 15.0 Å². The van der Waals surface area contributed by atoms with E-state index in [2.05, 4.69) is 33.4 Å². The van der Waals surface area contributed by atoms with Crippen LogP contribution in [0.1, 0.15) is 45.6 Å². The predicted octanol–water partition coefficient (Wildman–Crippen LogP) is 4.81. The van der Waals surface area contributed by atoms with E-state index in [-0.39, 0.29) is 11.5 Å². The van der Waals surface area contributed by atoms with Crippen molar-refractivity contribution in [3.05, 3.63) is 48.1 Å². The van der Waals surface area contributed by atoms with Crippen molar-refractivity contribution >= 4 is 16.2 Å². The normalized spacial score (nSPS) is 12.7. The number of allylic oxidation sites excluding steroid dienone is 2. The van der Waals surface area contributed by atoms with Crippen LogP contribution in [0.15, 0.2) is 47.4 Å². The molecule has 0 heterocycles. The summed E-state index contributed by atoms with van der Waals surface area (Å²) in [5, 5.41) is 0. The van der Waals surface area contributed by atoms with Crippen LogP contribution in [0.25, 0.3) is 6.08 Å². The minimum Gasteiger partial charge on any atom is -0.266 e. The zero-order chi connectivity index (χ0) is 16.6. The monoisotopic (exact) mass is 322 g/mol. The molecule has 0 aliphatic carbocycles. The van der Waals surface area contributed by atoms with Crippen LogP contribution in [-0.2, 0) is 14.3 Å². The highest BCUT2D eigenvalue weighted by atomic mass is 32.2. The fourth-order valence-electron chi connectivity index (χ4n) is 2.00. The molecule has 122 valence electrons. The van der Waals surface area contributed by atoms with Gasteiger partial charge in [-0.25, -0.2) is 0 Å². The minimum atomic E-state index is -3.66. The summed E-state index contributed by atoms with van der Waals surface area (Å²) in [6.07, 6.45) is 6.68. The Hall–Kier alpha value is -1.39. The van der Waals surface area contributed by atoms with E-state index in [0.29, 0.717) is 5.92 Å². The van der Waals surface area contributed by atoms with E-state index in [1.807, 2.05) is 0 Å². The van der Waals surface area contributed by atoms with Crippen LogP contribution >= 0.6 is 0 Å². The van der Waals surface area contributed by atoms with E-state index in [1.54, 1.807) is 30.3 Å². The molecule has 0 spiro atoms. The summed E-state index contributed by atoms with van der Waals surface area (Å²) in [7, 11) is -3.66. The molecule has 0 bridgehead atoms. The molecular weight excluding hydrogens is 296 g/mol. The number of rotatable bonds is 9. The Balaban J connectivity index is 2.45. The van der Waals surface area contributed by atoms with E-state index >= 15 is 0 Å². The van der Waals surface area contributed by atoms with Gasteiger partial charge in [-0.2, -0.15) is 8.42 Å². The largest absolute Gasteiger partial charge is 0.296 e. The fourth-order valence-corrected chi connectivity index (χ4v) is 2.92. The smallest absolute Gasteiger partial charge is 0.266 e. The molecule has 4 heteroatoms. The molecule has 0 fully saturated rings. The second-order valence-corrected chi connectivity index (χ2v) is 7.42. The van der Waals surface area contributed by atoms with E-state index in [4.69, 9.17) is 4.18 Å². The molecule has 0 saturated heterocycles. The zero-order valence-corrected chi connectivity index (χ0v) is 14.5. The molecule has 0 aliphatic heterocycles. The quantitative estimate of drug-likeness (QED) is 0.484. The Bertz CT molecular complexity index is 594. The molecule has 1 aromatic carbocycles. The molecule has 1 atom stereocenters. The second-order valence-electron chi connectivity index (χ2n) is 5.80. The standard InChI is InChI=1S/C18H26O3S/c1-5-17-9-11-18(12-10-17)22(19,20)21-14-13-16(4)8-6-7-15(2)3/h5,7,9-12,16H,1,6,8,13-14H2,2-4H3. The van der Waals surface area contributed by atoms with Gasteiger partial charge in [0.1, 0.15) is 0 Å². The predicted molar refractivity (Wildman–Crippen MR) is 92.1 cm³/mol. The van der Waals surface area contributed by atoms with Crippen molar-refractivity contribution in [1.82, 2.24) is 0 Å². The Morgan fingerprint density at radius 2 is 1.86 bits per heavy atom. The summed E-state index contributed by atoms with van der Waals surface area (Å²) < 4.78 is 29.2. The molecule has 0 aromatic heterocycles. The maximum Gasteiger partial charge on any atom is 0.296 e. The number of hydrogen-bond acceptors (Lipinski definition) is 3. The van der Waals surface area contributed by atoms with Crippen molar-refractivity contribution in [2.45, 2.75) is 44.9 Å². The highest BCUT2D eigenvalue weighted by Crippen LogP contribution is 2.17. The third kappa shape index (κ3) is 6.58. The van der Waals surface area contributed by atoms with Gasteiger partial charge >= 0.3 is 0 Å². The fraction of sp³-hybridized carbons (Fsp3) is 0.444. The highest BCUT2D eigenvalue weighted by Gasteiger charge is 2.15. The molecular formula is C18H26O3S. The summed E-state index contributed by atoms with van der Waals surface area (Å²) in [6, 6.07) is 6.52. The van der Waals surface area contributed by atoms with Crippen molar-refractivity contribution in [1.29, 1.82) is 0 Å². The van der Waals surface area contributed by atoms with Crippen LogP contribution < -0.4 is 0 Å². The summed E-state index contributed by atoms with van der Waals surface area (Å²) >= 11 is 0. The topological polar surface area (TPSA) is 43.4 Å². The first-order valence-electron chi connectivity index (χ1n) is 7.60. The third-order valence-corrected chi connectivity index (χ3v) is 4.79. The van der Waals surface area contributed by atoms with E-state index < -0.39 is 10.1 Å². The minimum absolute atomic E-state index is 0.190. The molecule has 1 aromatic rings. The van der Waals surface area contributed by atoms with Gasteiger partial charge in [-0.05, 0) is 56.7 Å². The van der Waals surface area contributed by atoms with Crippen molar-refractivity contribution in [2.75, 3.05) is 6.61 Å². The van der Waals surface area contributed by atoms with Gasteiger partial charge in [0.05, 0.1) is 11.5 Å². The Kier molecular flexibility index (Phi) is 7.56. The first-order chi connectivity index (χ1) is 10.3. The lowest BCUT2D eigenvalue weighted by molar-refractivity contribution is 0.283. The van der Waals surface area contributed by atoms with E-state index in [9.17, 15) is 8.42 Å². The molecule has 0 N–H and O–H groups in total. The zero-order valence-electron chi connectivity index (χ0n) is 13.7. The average Bonchev–Trinajstić information content (AvgIpc) is 2.46. The van der Waals surface area contributed by atoms with Crippen LogP contribution in [0.3, 0.4) is 0 Å². The van der Waals surface area contributed by atoms with Crippen LogP contribution in [0.4, 0.5) is 0 Å². The lowest BCUT2D eigenvalue weighted by Crippen LogP contribution is -2.10. The van der Waals surface area contributed by atoms with E-state index in [1.165, 1.54) is 5.57 Å². The molecule has 0 amide bonds. The van der Waals surface area contributed by atoms with Gasteiger partial charge in [0.15, 0.2) is 0 Å². The van der Waals surface area contributed by atoms with Gasteiger partial charge in [-0.15, -0.1) is 0 Å². The van der Waals surface area contributed by atoms with Crippen LogP contribution in [0.5, 0.6) is 0 Å². The van der Waals surface area contributed by atoms with Gasteiger partial charge < -0.3 is 0 Å². The molecule has 0 radical (unpaired) electrons. The molecule has 1 unspecified atom stereocenters. The van der Waals surface area contributed by atoms with Gasteiger partial charge in [0.25, 0.3) is 10.1 Å². The number of benzene rings is 1. The second kappa shape index (κ2) is 8.91. The highest BCUT2D eigenvalue weighted by molar-refractivity contribution is 7.86. The maximum absolute atomic E-state index is 12.1. The van der Waals surface area contributed by atoms with Crippen molar-refractivity contribution in [3.63, 3.8) is 0 Å². The summed E-state index contributed by atoms with van der Waals surface area (Å²) in [4.78, 5) is 0.190. The average molecular weight is 322 g/mol. The van der Waals surface area contributed by atoms with Crippen molar-refractivity contribution in [2.24, 2.45) is 5.92 Å². The lowest BCUT2D eigenvalue weighted by Gasteiger charge is -2.11. The summed E-state index contributed by atoms with van der Waals surface area (Å²) in [5.41, 5.74) is 2.20. The maximum atomic E-state index is 12.1. The molecule has 0 saturated carbocycles. The molecule has 3 nitrogen and oxygen atoms in total. The van der Waals surface area contributed by atoms with E-state index in [0.717, 1.165) is 24.8 Å². The summed E-state index contributed by atoms with van der Waals surface area (Å²) in [6.45, 7) is 10.1. The Labute approximate surface area is 134 Å². The molecule has 1 rings (SSSR count). The molecule has 0 aliphatic rings. The summed E-state index contributed by atoms with van der Waals surface area (Å²) in [5.74, 6) is 0.439. The van der Waals surface area contributed by atoms with Crippen molar-refractivity contribution in [3.8, 4) is 0 Å². The van der Waals surface area contributed by atoms with Crippen molar-refractivity contribution < 1.29 is 12.6 Å². The van der Waals surface area contributed by atoms with Crippen LogP contribution in [0, 0.1) is 5.92 Å². The van der Waals surface area contributed by atoms with Gasteiger partial charge in [-0.1, -0.05) is 43.4 Å². The first-order valence-corrected chi connectivity index (χ1v) is 9.01. The van der Waals surface area contributed by atoms with Gasteiger partial charge in [0.2, 0.25) is 0 Å². The number of hydrogen-bond donors (Lipinski definition) is 0. The van der Waals surface area contributed by atoms with Gasteiger partial charge in [0, 0.05) is 0 Å². The molecule has 22 heavy (non-hydrogen) atoms. The van der Waals surface area contributed by atoms with Gasteiger partial charge in [-0.3, -0.25) is 4.18 Å². The lowest BCUT2D eigenvalue weighted by atomic mass is 10.0. The SMILES string of the molecule is C=Cc1ccc(S(=O)(=O)OCCC(C)CCC=C(C)C)cc1.